The Morgan fingerprint density at radius 1 is 1.05 bits per heavy atom. The number of benzene rings is 2. The van der Waals surface area contributed by atoms with E-state index in [0.29, 0.717) is 6.54 Å². The van der Waals surface area contributed by atoms with E-state index in [4.69, 9.17) is 0 Å². The van der Waals surface area contributed by atoms with Crippen molar-refractivity contribution in [3.8, 4) is 0 Å². The first-order valence-electron chi connectivity index (χ1n) is 6.49. The number of halogens is 2. The summed E-state index contributed by atoms with van der Waals surface area (Å²) in [5, 5.41) is 2.50. The lowest BCUT2D eigenvalue weighted by molar-refractivity contribution is -0.120. The second kappa shape index (κ2) is 7.22. The second-order valence-electron chi connectivity index (χ2n) is 4.56. The lowest BCUT2D eigenvalue weighted by Gasteiger charge is -2.12. The van der Waals surface area contributed by atoms with Gasteiger partial charge < -0.3 is 5.32 Å². The van der Waals surface area contributed by atoms with E-state index in [2.05, 4.69) is 5.32 Å². The molecule has 2 aromatic carbocycles. The third kappa shape index (κ3) is 4.86. The summed E-state index contributed by atoms with van der Waals surface area (Å²) in [5.41, 5.74) is 0.837. The molecule has 5 heteroatoms. The first kappa shape index (κ1) is 15.5. The zero-order valence-corrected chi connectivity index (χ0v) is 12.3. The van der Waals surface area contributed by atoms with Crippen LogP contribution in [-0.2, 0) is 11.3 Å². The van der Waals surface area contributed by atoms with Crippen molar-refractivity contribution in [3.05, 3.63) is 65.7 Å². The van der Waals surface area contributed by atoms with Crippen molar-refractivity contribution in [2.75, 3.05) is 0 Å². The Labute approximate surface area is 126 Å². The molecular weight excluding hydrogens is 292 g/mol. The Bertz CT molecular complexity index is 599. The van der Waals surface area contributed by atoms with E-state index in [1.807, 2.05) is 0 Å². The van der Waals surface area contributed by atoms with Crippen LogP contribution in [0.1, 0.15) is 12.5 Å². The second-order valence-corrected chi connectivity index (χ2v) is 5.97. The fraction of sp³-hybridized carbons (Fsp3) is 0.188. The van der Waals surface area contributed by atoms with Crippen LogP contribution in [0.15, 0.2) is 53.4 Å². The number of amides is 1. The molecule has 2 aromatic rings. The van der Waals surface area contributed by atoms with Crippen LogP contribution >= 0.6 is 11.8 Å². The standard InChI is InChI=1S/C16H15F2NOS/c1-11(21-15-8-6-14(18)7-9-15)16(20)19-10-12-2-4-13(17)5-3-12/h2-9,11H,10H2,1H3,(H,19,20). The van der Waals surface area contributed by atoms with Gasteiger partial charge in [-0.2, -0.15) is 0 Å². The maximum atomic E-state index is 12.8. The van der Waals surface area contributed by atoms with Crippen LogP contribution in [0, 0.1) is 11.6 Å². The Morgan fingerprint density at radius 2 is 1.57 bits per heavy atom. The monoisotopic (exact) mass is 307 g/mol. The van der Waals surface area contributed by atoms with Gasteiger partial charge in [0.15, 0.2) is 0 Å². The van der Waals surface area contributed by atoms with Crippen molar-refractivity contribution < 1.29 is 13.6 Å². The van der Waals surface area contributed by atoms with Crippen LogP contribution in [-0.4, -0.2) is 11.2 Å². The Hall–Kier alpha value is -1.88. The van der Waals surface area contributed by atoms with Crippen LogP contribution in [0.5, 0.6) is 0 Å². The van der Waals surface area contributed by atoms with E-state index >= 15 is 0 Å². The largest absolute Gasteiger partial charge is 0.351 e. The summed E-state index contributed by atoms with van der Waals surface area (Å²) in [6.45, 7) is 2.14. The molecule has 1 atom stereocenters. The minimum absolute atomic E-state index is 0.117. The number of hydrogen-bond donors (Lipinski definition) is 1. The number of hydrogen-bond acceptors (Lipinski definition) is 2. The predicted molar refractivity (Wildman–Crippen MR) is 80.0 cm³/mol. The highest BCUT2D eigenvalue weighted by Gasteiger charge is 2.14. The van der Waals surface area contributed by atoms with Gasteiger partial charge in [0.2, 0.25) is 5.91 Å². The molecule has 0 aliphatic rings. The molecule has 0 aromatic heterocycles. The lowest BCUT2D eigenvalue weighted by Crippen LogP contribution is -2.30. The van der Waals surface area contributed by atoms with E-state index < -0.39 is 0 Å². The number of carbonyl (C=O) groups excluding carboxylic acids is 1. The molecular formula is C16H15F2NOS. The van der Waals surface area contributed by atoms with Crippen molar-refractivity contribution in [1.29, 1.82) is 0 Å². The van der Waals surface area contributed by atoms with Crippen LogP contribution < -0.4 is 5.32 Å². The van der Waals surface area contributed by atoms with Crippen molar-refractivity contribution in [1.82, 2.24) is 5.32 Å². The van der Waals surface area contributed by atoms with Gasteiger partial charge in [0.05, 0.1) is 5.25 Å². The fourth-order valence-corrected chi connectivity index (χ4v) is 2.60. The lowest BCUT2D eigenvalue weighted by atomic mass is 10.2. The summed E-state index contributed by atoms with van der Waals surface area (Å²) in [4.78, 5) is 12.8. The van der Waals surface area contributed by atoms with Crippen molar-refractivity contribution in [2.45, 2.75) is 23.6 Å². The van der Waals surface area contributed by atoms with E-state index in [0.717, 1.165) is 10.5 Å². The quantitative estimate of drug-likeness (QED) is 0.852. The smallest absolute Gasteiger partial charge is 0.233 e. The SMILES string of the molecule is CC(Sc1ccc(F)cc1)C(=O)NCc1ccc(F)cc1. The number of rotatable bonds is 5. The van der Waals surface area contributed by atoms with E-state index in [-0.39, 0.29) is 22.8 Å². The fourth-order valence-electron chi connectivity index (χ4n) is 1.71. The molecule has 0 aliphatic heterocycles. The van der Waals surface area contributed by atoms with E-state index in [1.165, 1.54) is 36.0 Å². The highest BCUT2D eigenvalue weighted by molar-refractivity contribution is 8.00. The molecule has 2 rings (SSSR count). The minimum atomic E-state index is -0.301. The summed E-state index contributed by atoms with van der Waals surface area (Å²) in [6.07, 6.45) is 0. The van der Waals surface area contributed by atoms with Crippen LogP contribution in [0.2, 0.25) is 0 Å². The summed E-state index contributed by atoms with van der Waals surface area (Å²) in [6, 6.07) is 12.0. The van der Waals surface area contributed by atoms with Gasteiger partial charge >= 0.3 is 0 Å². The van der Waals surface area contributed by atoms with Crippen molar-refractivity contribution in [3.63, 3.8) is 0 Å². The zero-order chi connectivity index (χ0) is 15.2. The van der Waals surface area contributed by atoms with Crippen molar-refractivity contribution >= 4 is 17.7 Å². The minimum Gasteiger partial charge on any atom is -0.351 e. The summed E-state index contributed by atoms with van der Waals surface area (Å²) < 4.78 is 25.6. The van der Waals surface area contributed by atoms with Gasteiger partial charge in [-0.25, -0.2) is 8.78 Å². The van der Waals surface area contributed by atoms with Crippen LogP contribution in [0.4, 0.5) is 8.78 Å². The number of thioether (sulfide) groups is 1. The number of carbonyl (C=O) groups is 1. The summed E-state index contributed by atoms with van der Waals surface area (Å²) in [5.74, 6) is -0.716. The molecule has 2 nitrogen and oxygen atoms in total. The van der Waals surface area contributed by atoms with Gasteiger partial charge in [-0.05, 0) is 48.9 Å². The molecule has 0 saturated carbocycles. The highest BCUT2D eigenvalue weighted by atomic mass is 32.2. The molecule has 0 fully saturated rings. The maximum absolute atomic E-state index is 12.8. The normalized spacial score (nSPS) is 12.0. The van der Waals surface area contributed by atoms with Gasteiger partial charge in [0.25, 0.3) is 0 Å². The molecule has 0 saturated heterocycles. The van der Waals surface area contributed by atoms with Gasteiger partial charge in [-0.3, -0.25) is 4.79 Å². The molecule has 1 N–H and O–H groups in total. The van der Waals surface area contributed by atoms with Gasteiger partial charge in [0.1, 0.15) is 11.6 Å². The Balaban J connectivity index is 1.84. The first-order valence-corrected chi connectivity index (χ1v) is 7.37. The first-order chi connectivity index (χ1) is 10.0. The molecule has 21 heavy (non-hydrogen) atoms. The predicted octanol–water partition coefficient (Wildman–Crippen LogP) is 3.76. The highest BCUT2D eigenvalue weighted by Crippen LogP contribution is 2.23. The molecule has 1 amide bonds. The molecule has 0 radical (unpaired) electrons. The maximum Gasteiger partial charge on any atom is 0.233 e. The third-order valence-corrected chi connectivity index (χ3v) is 3.99. The number of nitrogens with one attached hydrogen (secondary N) is 1. The molecule has 0 bridgehead atoms. The average Bonchev–Trinajstić information content (AvgIpc) is 2.48. The molecule has 1 unspecified atom stereocenters. The third-order valence-electron chi connectivity index (χ3n) is 2.88. The van der Waals surface area contributed by atoms with E-state index in [9.17, 15) is 13.6 Å². The molecule has 0 heterocycles. The topological polar surface area (TPSA) is 29.1 Å². The van der Waals surface area contributed by atoms with E-state index in [1.54, 1.807) is 31.2 Å². The Morgan fingerprint density at radius 3 is 2.14 bits per heavy atom. The van der Waals surface area contributed by atoms with Gasteiger partial charge in [0, 0.05) is 11.4 Å². The Kier molecular flexibility index (Phi) is 5.33. The van der Waals surface area contributed by atoms with Crippen LogP contribution in [0.25, 0.3) is 0 Å². The van der Waals surface area contributed by atoms with Gasteiger partial charge in [-0.1, -0.05) is 12.1 Å². The summed E-state index contributed by atoms with van der Waals surface area (Å²) in [7, 11) is 0. The average molecular weight is 307 g/mol. The molecule has 0 aliphatic carbocycles. The van der Waals surface area contributed by atoms with Crippen molar-refractivity contribution in [2.24, 2.45) is 0 Å². The molecule has 110 valence electrons. The van der Waals surface area contributed by atoms with Crippen LogP contribution in [0.3, 0.4) is 0 Å². The summed E-state index contributed by atoms with van der Waals surface area (Å²) >= 11 is 1.36. The molecule has 0 spiro atoms. The zero-order valence-electron chi connectivity index (χ0n) is 11.5. The van der Waals surface area contributed by atoms with Gasteiger partial charge in [-0.15, -0.1) is 11.8 Å².